The van der Waals surface area contributed by atoms with Gasteiger partial charge < -0.3 is 0 Å². The Morgan fingerprint density at radius 1 is 1.50 bits per heavy atom. The molecule has 0 amide bonds. The monoisotopic (exact) mass is 242 g/mol. The fraction of sp³-hybridized carbons (Fsp3) is 0.222. The van der Waals surface area contributed by atoms with Crippen LogP contribution in [0.5, 0.6) is 0 Å². The van der Waals surface area contributed by atoms with Crippen molar-refractivity contribution in [2.75, 3.05) is 0 Å². The summed E-state index contributed by atoms with van der Waals surface area (Å²) in [7, 11) is 0. The number of Topliss-reactive ketones (excluding diaryl/α,β-unsaturated/α-hetero) is 1. The van der Waals surface area contributed by atoms with Gasteiger partial charge in [-0.15, -0.1) is 11.8 Å². The molecule has 1 atom stereocenters. The number of carbonyl (C=O) groups excluding carboxylic acids is 1. The van der Waals surface area contributed by atoms with E-state index < -0.39 is 0 Å². The van der Waals surface area contributed by atoms with Crippen molar-refractivity contribution in [3.63, 3.8) is 0 Å². The van der Waals surface area contributed by atoms with Crippen LogP contribution in [0.25, 0.3) is 0 Å². The van der Waals surface area contributed by atoms with E-state index in [9.17, 15) is 4.79 Å². The molecule has 1 aliphatic rings. The van der Waals surface area contributed by atoms with E-state index in [4.69, 9.17) is 0 Å². The minimum absolute atomic E-state index is 0.0919. The number of hydrogen-bond donors (Lipinski definition) is 0. The van der Waals surface area contributed by atoms with Crippen molar-refractivity contribution >= 4 is 33.5 Å². The lowest BCUT2D eigenvalue weighted by atomic mass is 10.1. The number of ketones is 1. The van der Waals surface area contributed by atoms with Gasteiger partial charge in [-0.2, -0.15) is 0 Å². The topological polar surface area (TPSA) is 17.1 Å². The fourth-order valence-electron chi connectivity index (χ4n) is 1.26. The van der Waals surface area contributed by atoms with Crippen LogP contribution >= 0.6 is 27.7 Å². The second-order valence-electron chi connectivity index (χ2n) is 2.76. The molecule has 0 saturated heterocycles. The van der Waals surface area contributed by atoms with Gasteiger partial charge in [-0.1, -0.05) is 15.9 Å². The Morgan fingerprint density at radius 2 is 2.25 bits per heavy atom. The zero-order chi connectivity index (χ0) is 8.72. The molecule has 0 aromatic heterocycles. The minimum atomic E-state index is 0.0919. The summed E-state index contributed by atoms with van der Waals surface area (Å²) in [4.78, 5) is 12.6. The SMILES string of the molecule is CC1Sc2ccc(Br)cc2C1=O. The standard InChI is InChI=1S/C9H7BrOS/c1-5-9(11)7-4-6(10)2-3-8(7)12-5/h2-5H,1H3. The molecule has 1 aliphatic heterocycles. The highest BCUT2D eigenvalue weighted by Crippen LogP contribution is 2.37. The molecule has 2 rings (SSSR count). The Bertz CT molecular complexity index is 348. The third-order valence-electron chi connectivity index (χ3n) is 1.88. The van der Waals surface area contributed by atoms with E-state index in [-0.39, 0.29) is 11.0 Å². The number of hydrogen-bond acceptors (Lipinski definition) is 2. The van der Waals surface area contributed by atoms with Crippen LogP contribution in [0, 0.1) is 0 Å². The Morgan fingerprint density at radius 3 is 3.00 bits per heavy atom. The quantitative estimate of drug-likeness (QED) is 0.696. The smallest absolute Gasteiger partial charge is 0.177 e. The summed E-state index contributed by atoms with van der Waals surface area (Å²) in [5.74, 6) is 0.247. The first-order chi connectivity index (χ1) is 5.68. The zero-order valence-electron chi connectivity index (χ0n) is 6.50. The van der Waals surface area contributed by atoms with E-state index in [0.29, 0.717) is 0 Å². The van der Waals surface area contributed by atoms with Crippen molar-refractivity contribution < 1.29 is 4.79 Å². The Hall–Kier alpha value is -0.280. The van der Waals surface area contributed by atoms with Gasteiger partial charge in [0.25, 0.3) is 0 Å². The van der Waals surface area contributed by atoms with Gasteiger partial charge in [0.2, 0.25) is 0 Å². The molecule has 0 bridgehead atoms. The summed E-state index contributed by atoms with van der Waals surface area (Å²) in [6.45, 7) is 1.95. The zero-order valence-corrected chi connectivity index (χ0v) is 8.91. The first kappa shape index (κ1) is 8.32. The highest BCUT2D eigenvalue weighted by molar-refractivity contribution is 9.10. The number of carbonyl (C=O) groups is 1. The molecular formula is C9H7BrOS. The largest absolute Gasteiger partial charge is 0.293 e. The van der Waals surface area contributed by atoms with Crippen LogP contribution < -0.4 is 0 Å². The molecule has 1 nitrogen and oxygen atoms in total. The fourth-order valence-corrected chi connectivity index (χ4v) is 2.67. The van der Waals surface area contributed by atoms with Gasteiger partial charge in [-0.3, -0.25) is 4.79 Å². The average molecular weight is 243 g/mol. The van der Waals surface area contributed by atoms with E-state index in [2.05, 4.69) is 15.9 Å². The lowest BCUT2D eigenvalue weighted by Crippen LogP contribution is -2.05. The first-order valence-electron chi connectivity index (χ1n) is 3.69. The molecule has 12 heavy (non-hydrogen) atoms. The number of halogens is 1. The maximum atomic E-state index is 11.5. The minimum Gasteiger partial charge on any atom is -0.293 e. The molecule has 1 aromatic rings. The molecule has 0 saturated carbocycles. The summed E-state index contributed by atoms with van der Waals surface area (Å²) in [5.41, 5.74) is 0.863. The van der Waals surface area contributed by atoms with E-state index >= 15 is 0 Å². The Kier molecular flexibility index (Phi) is 2.00. The highest BCUT2D eigenvalue weighted by Gasteiger charge is 2.27. The first-order valence-corrected chi connectivity index (χ1v) is 5.36. The maximum absolute atomic E-state index is 11.5. The third kappa shape index (κ3) is 1.21. The summed E-state index contributed by atoms with van der Waals surface area (Å²) in [6.07, 6.45) is 0. The molecular weight excluding hydrogens is 236 g/mol. The number of rotatable bonds is 0. The summed E-state index contributed by atoms with van der Waals surface area (Å²) < 4.78 is 0.976. The summed E-state index contributed by atoms with van der Waals surface area (Å²) in [6, 6.07) is 5.86. The highest BCUT2D eigenvalue weighted by atomic mass is 79.9. The molecule has 0 spiro atoms. The number of thioether (sulfide) groups is 1. The van der Waals surface area contributed by atoms with Crippen molar-refractivity contribution in [3.05, 3.63) is 28.2 Å². The van der Waals surface area contributed by atoms with E-state index in [1.54, 1.807) is 11.8 Å². The average Bonchev–Trinajstić information content (AvgIpc) is 2.31. The normalized spacial score (nSPS) is 21.2. The molecule has 1 unspecified atom stereocenters. The van der Waals surface area contributed by atoms with Gasteiger partial charge >= 0.3 is 0 Å². The molecule has 3 heteroatoms. The summed E-state index contributed by atoms with van der Waals surface area (Å²) >= 11 is 4.99. The third-order valence-corrected chi connectivity index (χ3v) is 3.55. The molecule has 0 aliphatic carbocycles. The summed E-state index contributed by atoms with van der Waals surface area (Å²) in [5, 5.41) is 0.0919. The van der Waals surface area contributed by atoms with Gasteiger partial charge in [0, 0.05) is 14.9 Å². The van der Waals surface area contributed by atoms with E-state index in [1.165, 1.54) is 0 Å². The molecule has 1 aromatic carbocycles. The van der Waals surface area contributed by atoms with Crippen LogP contribution in [0.1, 0.15) is 17.3 Å². The van der Waals surface area contributed by atoms with Crippen molar-refractivity contribution in [1.82, 2.24) is 0 Å². The van der Waals surface area contributed by atoms with Gasteiger partial charge in [0.15, 0.2) is 5.78 Å². The molecule has 62 valence electrons. The molecule has 0 radical (unpaired) electrons. The predicted molar refractivity (Wildman–Crippen MR) is 53.8 cm³/mol. The van der Waals surface area contributed by atoms with Crippen molar-refractivity contribution in [1.29, 1.82) is 0 Å². The Labute approximate surface area is 83.7 Å². The van der Waals surface area contributed by atoms with Crippen molar-refractivity contribution in [2.45, 2.75) is 17.1 Å². The number of benzene rings is 1. The lowest BCUT2D eigenvalue weighted by molar-refractivity contribution is 0.0996. The molecule has 0 N–H and O–H groups in total. The second-order valence-corrected chi connectivity index (χ2v) is 5.06. The van der Waals surface area contributed by atoms with Gasteiger partial charge in [-0.25, -0.2) is 0 Å². The van der Waals surface area contributed by atoms with Crippen LogP contribution in [-0.2, 0) is 0 Å². The van der Waals surface area contributed by atoms with Gasteiger partial charge in [0.1, 0.15) is 0 Å². The van der Waals surface area contributed by atoms with Crippen LogP contribution in [0.2, 0.25) is 0 Å². The van der Waals surface area contributed by atoms with E-state index in [1.807, 2.05) is 25.1 Å². The van der Waals surface area contributed by atoms with Crippen molar-refractivity contribution in [3.8, 4) is 0 Å². The van der Waals surface area contributed by atoms with Crippen LogP contribution in [-0.4, -0.2) is 11.0 Å². The maximum Gasteiger partial charge on any atom is 0.177 e. The molecule has 0 fully saturated rings. The second kappa shape index (κ2) is 2.89. The van der Waals surface area contributed by atoms with Crippen LogP contribution in [0.4, 0.5) is 0 Å². The van der Waals surface area contributed by atoms with Gasteiger partial charge in [0.05, 0.1) is 5.25 Å². The lowest BCUT2D eigenvalue weighted by Gasteiger charge is -1.95. The number of fused-ring (bicyclic) bond motifs is 1. The van der Waals surface area contributed by atoms with E-state index in [0.717, 1.165) is 14.9 Å². The van der Waals surface area contributed by atoms with Crippen LogP contribution in [0.15, 0.2) is 27.6 Å². The Balaban J connectivity index is 2.56. The predicted octanol–water partition coefficient (Wildman–Crippen LogP) is 3.13. The molecule has 1 heterocycles. The van der Waals surface area contributed by atoms with Gasteiger partial charge in [-0.05, 0) is 25.1 Å². The van der Waals surface area contributed by atoms with Crippen LogP contribution in [0.3, 0.4) is 0 Å². The van der Waals surface area contributed by atoms with Crippen molar-refractivity contribution in [2.24, 2.45) is 0 Å².